The van der Waals surface area contributed by atoms with Crippen molar-refractivity contribution in [2.45, 2.75) is 12.8 Å². The fourth-order valence-corrected chi connectivity index (χ4v) is 2.74. The molecule has 6 heteroatoms. The summed E-state index contributed by atoms with van der Waals surface area (Å²) in [5, 5.41) is 3.04. The molecule has 1 heterocycles. The SMILES string of the molecule is O=C(Cc1c(F)cccc1Cl)NCCc1ccc2c(c1)OCCO2. The Balaban J connectivity index is 1.52. The van der Waals surface area contributed by atoms with Crippen LogP contribution in [0.2, 0.25) is 5.02 Å². The van der Waals surface area contributed by atoms with Crippen LogP contribution in [0, 0.1) is 5.82 Å². The molecule has 1 aliphatic heterocycles. The third kappa shape index (κ3) is 3.97. The Labute approximate surface area is 144 Å². The van der Waals surface area contributed by atoms with Gasteiger partial charge >= 0.3 is 0 Å². The van der Waals surface area contributed by atoms with Crippen LogP contribution in [0.15, 0.2) is 36.4 Å². The van der Waals surface area contributed by atoms with Gasteiger partial charge in [-0.15, -0.1) is 0 Å². The number of nitrogens with one attached hydrogen (secondary N) is 1. The number of fused-ring (bicyclic) bond motifs is 1. The van der Waals surface area contributed by atoms with E-state index >= 15 is 0 Å². The first-order chi connectivity index (χ1) is 11.6. The second kappa shape index (κ2) is 7.53. The van der Waals surface area contributed by atoms with Gasteiger partial charge in [0, 0.05) is 17.1 Å². The predicted octanol–water partition coefficient (Wildman–Crippen LogP) is 3.15. The molecular formula is C18H17ClFNO3. The summed E-state index contributed by atoms with van der Waals surface area (Å²) in [4.78, 5) is 12.0. The van der Waals surface area contributed by atoms with E-state index in [0.717, 1.165) is 17.1 Å². The lowest BCUT2D eigenvalue weighted by atomic mass is 10.1. The quantitative estimate of drug-likeness (QED) is 0.902. The molecule has 0 saturated carbocycles. The number of carbonyl (C=O) groups is 1. The highest BCUT2D eigenvalue weighted by atomic mass is 35.5. The molecule has 0 atom stereocenters. The van der Waals surface area contributed by atoms with Crippen LogP contribution in [0.25, 0.3) is 0 Å². The van der Waals surface area contributed by atoms with E-state index in [9.17, 15) is 9.18 Å². The third-order valence-corrected chi connectivity index (χ3v) is 4.10. The molecule has 0 aromatic heterocycles. The summed E-state index contributed by atoms with van der Waals surface area (Å²) in [5.41, 5.74) is 1.25. The topological polar surface area (TPSA) is 47.6 Å². The lowest BCUT2D eigenvalue weighted by Gasteiger charge is -2.18. The van der Waals surface area contributed by atoms with Crippen LogP contribution < -0.4 is 14.8 Å². The maximum atomic E-state index is 13.7. The first-order valence-corrected chi connectivity index (χ1v) is 8.09. The Morgan fingerprint density at radius 1 is 1.17 bits per heavy atom. The summed E-state index contributed by atoms with van der Waals surface area (Å²) in [6.45, 7) is 1.54. The minimum Gasteiger partial charge on any atom is -0.486 e. The van der Waals surface area contributed by atoms with E-state index in [1.165, 1.54) is 12.1 Å². The molecule has 1 aliphatic rings. The van der Waals surface area contributed by atoms with E-state index in [1.54, 1.807) is 6.07 Å². The van der Waals surface area contributed by atoms with Crippen LogP contribution in [-0.2, 0) is 17.6 Å². The number of benzene rings is 2. The Hall–Kier alpha value is -2.27. The summed E-state index contributed by atoms with van der Waals surface area (Å²) in [6, 6.07) is 10.1. The number of carbonyl (C=O) groups excluding carboxylic acids is 1. The monoisotopic (exact) mass is 349 g/mol. The van der Waals surface area contributed by atoms with Gasteiger partial charge in [0.15, 0.2) is 11.5 Å². The van der Waals surface area contributed by atoms with Crippen LogP contribution in [0.1, 0.15) is 11.1 Å². The molecule has 1 amide bonds. The van der Waals surface area contributed by atoms with Gasteiger partial charge in [-0.25, -0.2) is 4.39 Å². The first kappa shape index (κ1) is 16.6. The molecule has 24 heavy (non-hydrogen) atoms. The van der Waals surface area contributed by atoms with E-state index < -0.39 is 5.82 Å². The largest absolute Gasteiger partial charge is 0.486 e. The maximum Gasteiger partial charge on any atom is 0.224 e. The highest BCUT2D eigenvalue weighted by Gasteiger charge is 2.13. The summed E-state index contributed by atoms with van der Waals surface area (Å²) in [7, 11) is 0. The van der Waals surface area contributed by atoms with Crippen LogP contribution >= 0.6 is 11.6 Å². The van der Waals surface area contributed by atoms with Crippen molar-refractivity contribution in [3.05, 3.63) is 58.4 Å². The Kier molecular flexibility index (Phi) is 5.20. The molecule has 4 nitrogen and oxygen atoms in total. The molecule has 0 bridgehead atoms. The molecule has 2 aromatic carbocycles. The maximum absolute atomic E-state index is 13.7. The van der Waals surface area contributed by atoms with Gasteiger partial charge in [0.2, 0.25) is 5.91 Å². The second-order valence-electron chi connectivity index (χ2n) is 5.45. The summed E-state index contributed by atoms with van der Waals surface area (Å²) < 4.78 is 24.7. The third-order valence-electron chi connectivity index (χ3n) is 3.74. The molecule has 0 unspecified atom stereocenters. The second-order valence-corrected chi connectivity index (χ2v) is 5.86. The van der Waals surface area contributed by atoms with Gasteiger partial charge in [0.1, 0.15) is 19.0 Å². The van der Waals surface area contributed by atoms with E-state index in [4.69, 9.17) is 21.1 Å². The number of halogens is 2. The molecule has 0 spiro atoms. The zero-order chi connectivity index (χ0) is 16.9. The first-order valence-electron chi connectivity index (χ1n) is 7.71. The minimum atomic E-state index is -0.468. The lowest BCUT2D eigenvalue weighted by molar-refractivity contribution is -0.120. The van der Waals surface area contributed by atoms with Crippen molar-refractivity contribution in [2.75, 3.05) is 19.8 Å². The summed E-state index contributed by atoms with van der Waals surface area (Å²) in [6.07, 6.45) is 0.569. The molecule has 0 saturated heterocycles. The zero-order valence-electron chi connectivity index (χ0n) is 13.0. The fraction of sp³-hybridized carbons (Fsp3) is 0.278. The van der Waals surface area contributed by atoms with E-state index in [0.29, 0.717) is 26.2 Å². The van der Waals surface area contributed by atoms with Crippen LogP contribution in [0.4, 0.5) is 4.39 Å². The van der Waals surface area contributed by atoms with Gasteiger partial charge in [-0.1, -0.05) is 23.7 Å². The van der Waals surface area contributed by atoms with Crippen LogP contribution in [0.3, 0.4) is 0 Å². The molecular weight excluding hydrogens is 333 g/mol. The van der Waals surface area contributed by atoms with Crippen LogP contribution in [-0.4, -0.2) is 25.7 Å². The standard InChI is InChI=1S/C18H17ClFNO3/c19-14-2-1-3-15(20)13(14)11-18(22)21-7-6-12-4-5-16-17(10-12)24-9-8-23-16/h1-5,10H,6-9,11H2,(H,21,22). The number of hydrogen-bond donors (Lipinski definition) is 1. The molecule has 0 aliphatic carbocycles. The fourth-order valence-electron chi connectivity index (χ4n) is 2.51. The molecule has 126 valence electrons. The van der Waals surface area contributed by atoms with E-state index in [1.807, 2.05) is 18.2 Å². The Morgan fingerprint density at radius 3 is 2.75 bits per heavy atom. The van der Waals surface area contributed by atoms with Gasteiger partial charge in [-0.3, -0.25) is 4.79 Å². The average molecular weight is 350 g/mol. The zero-order valence-corrected chi connectivity index (χ0v) is 13.7. The predicted molar refractivity (Wildman–Crippen MR) is 89.3 cm³/mol. The summed E-state index contributed by atoms with van der Waals surface area (Å²) >= 11 is 5.93. The van der Waals surface area contributed by atoms with Crippen molar-refractivity contribution >= 4 is 17.5 Å². The van der Waals surface area contributed by atoms with Crippen molar-refractivity contribution in [2.24, 2.45) is 0 Å². The van der Waals surface area contributed by atoms with Gasteiger partial charge in [-0.2, -0.15) is 0 Å². The number of ether oxygens (including phenoxy) is 2. The number of amides is 1. The summed E-state index contributed by atoms with van der Waals surface area (Å²) in [5.74, 6) is 0.732. The van der Waals surface area contributed by atoms with Gasteiger partial charge in [-0.05, 0) is 36.2 Å². The van der Waals surface area contributed by atoms with Gasteiger partial charge in [0.25, 0.3) is 0 Å². The smallest absolute Gasteiger partial charge is 0.224 e. The van der Waals surface area contributed by atoms with Crippen molar-refractivity contribution < 1.29 is 18.7 Å². The Bertz CT molecular complexity index is 731. The molecule has 2 aromatic rings. The molecule has 3 rings (SSSR count). The highest BCUT2D eigenvalue weighted by molar-refractivity contribution is 6.31. The van der Waals surface area contributed by atoms with Gasteiger partial charge < -0.3 is 14.8 Å². The normalized spacial score (nSPS) is 12.8. The highest BCUT2D eigenvalue weighted by Crippen LogP contribution is 2.30. The minimum absolute atomic E-state index is 0.0767. The molecule has 0 radical (unpaired) electrons. The van der Waals surface area contributed by atoms with Gasteiger partial charge in [0.05, 0.1) is 6.42 Å². The Morgan fingerprint density at radius 2 is 1.96 bits per heavy atom. The molecule has 0 fully saturated rings. The van der Waals surface area contributed by atoms with E-state index in [-0.39, 0.29) is 22.9 Å². The van der Waals surface area contributed by atoms with Crippen molar-refractivity contribution in [3.8, 4) is 11.5 Å². The van der Waals surface area contributed by atoms with Crippen LogP contribution in [0.5, 0.6) is 11.5 Å². The number of rotatable bonds is 5. The van der Waals surface area contributed by atoms with Crippen molar-refractivity contribution in [1.29, 1.82) is 0 Å². The van der Waals surface area contributed by atoms with E-state index in [2.05, 4.69) is 5.32 Å². The average Bonchev–Trinajstić information content (AvgIpc) is 2.58. The van der Waals surface area contributed by atoms with Crippen molar-refractivity contribution in [3.63, 3.8) is 0 Å². The molecule has 1 N–H and O–H groups in total. The lowest BCUT2D eigenvalue weighted by Crippen LogP contribution is -2.27. The van der Waals surface area contributed by atoms with Crippen molar-refractivity contribution in [1.82, 2.24) is 5.32 Å². The number of hydrogen-bond acceptors (Lipinski definition) is 3.